The van der Waals surface area contributed by atoms with Crippen molar-refractivity contribution in [1.29, 1.82) is 0 Å². The van der Waals surface area contributed by atoms with Gasteiger partial charge < -0.3 is 10.5 Å². The summed E-state index contributed by atoms with van der Waals surface area (Å²) in [5.41, 5.74) is 6.04. The van der Waals surface area contributed by atoms with Crippen molar-refractivity contribution in [3.05, 3.63) is 29.3 Å². The monoisotopic (exact) mass is 334 g/mol. The van der Waals surface area contributed by atoms with Gasteiger partial charge in [-0.2, -0.15) is 4.31 Å². The summed E-state index contributed by atoms with van der Waals surface area (Å²) in [5, 5.41) is 0. The fourth-order valence-corrected chi connectivity index (χ4v) is 2.99. The van der Waals surface area contributed by atoms with E-state index < -0.39 is 10.0 Å². The van der Waals surface area contributed by atoms with Crippen molar-refractivity contribution in [2.75, 3.05) is 26.4 Å². The molecule has 5 nitrogen and oxygen atoms in total. The van der Waals surface area contributed by atoms with Gasteiger partial charge in [-0.05, 0) is 28.1 Å². The van der Waals surface area contributed by atoms with Gasteiger partial charge in [-0.25, -0.2) is 8.42 Å². The molecule has 0 bridgehead atoms. The van der Waals surface area contributed by atoms with E-state index in [4.69, 9.17) is 10.5 Å². The molecule has 0 aliphatic rings. The number of nitrogens with zero attached hydrogens (tertiary/aromatic N) is 1. The average Bonchev–Trinajstić information content (AvgIpc) is 2.32. The Kier molecular flexibility index (Phi) is 4.78. The first-order valence-corrected chi connectivity index (χ1v) is 7.28. The lowest BCUT2D eigenvalue weighted by molar-refractivity contribution is 0.399. The Morgan fingerprint density at radius 1 is 1.56 bits per heavy atom. The molecule has 0 amide bonds. The molecule has 0 aromatic heterocycles. The lowest BCUT2D eigenvalue weighted by Gasteiger charge is -2.18. The fraction of sp³-hybridized carbons (Fsp3) is 0.273. The van der Waals surface area contributed by atoms with Crippen molar-refractivity contribution >= 4 is 31.6 Å². The highest BCUT2D eigenvalue weighted by Crippen LogP contribution is 2.33. The quantitative estimate of drug-likeness (QED) is 0.658. The SMILES string of the molecule is C=CCN(C)S(=O)(=O)c1cc(N)c(Br)cc1OC. The van der Waals surface area contributed by atoms with Gasteiger partial charge in [0.1, 0.15) is 10.6 Å². The minimum Gasteiger partial charge on any atom is -0.495 e. The first-order valence-electron chi connectivity index (χ1n) is 5.04. The van der Waals surface area contributed by atoms with E-state index in [9.17, 15) is 8.42 Å². The number of sulfonamides is 1. The van der Waals surface area contributed by atoms with Crippen molar-refractivity contribution in [2.45, 2.75) is 4.90 Å². The highest BCUT2D eigenvalue weighted by atomic mass is 79.9. The van der Waals surface area contributed by atoms with Crippen molar-refractivity contribution in [3.8, 4) is 5.75 Å². The van der Waals surface area contributed by atoms with Crippen LogP contribution in [0.25, 0.3) is 0 Å². The number of hydrogen-bond acceptors (Lipinski definition) is 4. The van der Waals surface area contributed by atoms with E-state index in [1.807, 2.05) is 0 Å². The number of hydrogen-bond donors (Lipinski definition) is 1. The van der Waals surface area contributed by atoms with E-state index in [1.54, 1.807) is 0 Å². The number of halogens is 1. The predicted octanol–water partition coefficient (Wildman–Crippen LogP) is 1.85. The average molecular weight is 335 g/mol. The van der Waals surface area contributed by atoms with Crippen LogP contribution in [-0.2, 0) is 10.0 Å². The van der Waals surface area contributed by atoms with Gasteiger partial charge in [0.2, 0.25) is 10.0 Å². The molecule has 0 atom stereocenters. The van der Waals surface area contributed by atoms with Gasteiger partial charge in [-0.1, -0.05) is 6.08 Å². The third kappa shape index (κ3) is 2.85. The zero-order valence-corrected chi connectivity index (χ0v) is 12.6. The van der Waals surface area contributed by atoms with Gasteiger partial charge in [0.15, 0.2) is 0 Å². The molecule has 0 heterocycles. The van der Waals surface area contributed by atoms with Crippen LogP contribution in [0.5, 0.6) is 5.75 Å². The lowest BCUT2D eigenvalue weighted by atomic mass is 10.3. The van der Waals surface area contributed by atoms with Crippen molar-refractivity contribution in [3.63, 3.8) is 0 Å². The molecule has 0 saturated carbocycles. The summed E-state index contributed by atoms with van der Waals surface area (Å²) in [7, 11) is -0.773. The molecule has 100 valence electrons. The number of rotatable bonds is 5. The number of methoxy groups -OCH3 is 1. The van der Waals surface area contributed by atoms with E-state index in [0.29, 0.717) is 10.2 Å². The summed E-state index contributed by atoms with van der Waals surface area (Å²) >= 11 is 3.23. The maximum absolute atomic E-state index is 12.3. The Balaban J connectivity index is 3.40. The van der Waals surface area contributed by atoms with Crippen LogP contribution in [-0.4, -0.2) is 33.4 Å². The number of ether oxygens (including phenoxy) is 1. The zero-order chi connectivity index (χ0) is 13.9. The van der Waals surface area contributed by atoms with Crippen LogP contribution in [0.15, 0.2) is 34.2 Å². The van der Waals surface area contributed by atoms with Crippen LogP contribution in [0.1, 0.15) is 0 Å². The Hall–Kier alpha value is -1.05. The smallest absolute Gasteiger partial charge is 0.246 e. The van der Waals surface area contributed by atoms with Crippen LogP contribution in [0.2, 0.25) is 0 Å². The molecular formula is C11H15BrN2O3S. The summed E-state index contributed by atoms with van der Waals surface area (Å²) in [6.07, 6.45) is 1.51. The molecule has 1 rings (SSSR count). The molecule has 0 unspecified atom stereocenters. The topological polar surface area (TPSA) is 72.6 Å². The van der Waals surface area contributed by atoms with E-state index in [-0.39, 0.29) is 17.2 Å². The molecule has 0 aliphatic carbocycles. The maximum Gasteiger partial charge on any atom is 0.246 e. The second kappa shape index (κ2) is 5.73. The van der Waals surface area contributed by atoms with Gasteiger partial charge >= 0.3 is 0 Å². The molecular weight excluding hydrogens is 320 g/mol. The third-order valence-electron chi connectivity index (χ3n) is 2.36. The largest absolute Gasteiger partial charge is 0.495 e. The summed E-state index contributed by atoms with van der Waals surface area (Å²) in [5.74, 6) is 0.243. The Bertz CT molecular complexity index is 558. The third-order valence-corrected chi connectivity index (χ3v) is 4.89. The Labute approximate surface area is 115 Å². The zero-order valence-electron chi connectivity index (χ0n) is 10.2. The number of nitrogens with two attached hydrogens (primary N) is 1. The van der Waals surface area contributed by atoms with E-state index in [1.165, 1.54) is 36.7 Å². The van der Waals surface area contributed by atoms with Gasteiger partial charge in [0.25, 0.3) is 0 Å². The molecule has 0 aliphatic heterocycles. The highest BCUT2D eigenvalue weighted by molar-refractivity contribution is 9.10. The van der Waals surface area contributed by atoms with E-state index in [2.05, 4.69) is 22.5 Å². The van der Waals surface area contributed by atoms with Gasteiger partial charge in [0, 0.05) is 23.8 Å². The Morgan fingerprint density at radius 2 is 2.17 bits per heavy atom. The van der Waals surface area contributed by atoms with Crippen molar-refractivity contribution in [1.82, 2.24) is 4.31 Å². The second-order valence-electron chi connectivity index (χ2n) is 3.60. The standard InChI is InChI=1S/C11H15BrN2O3S/c1-4-5-14(2)18(15,16)11-7-9(13)8(12)6-10(11)17-3/h4,6-7H,1,5,13H2,2-3H3. The van der Waals surface area contributed by atoms with Gasteiger partial charge in [-0.3, -0.25) is 0 Å². The van der Waals surface area contributed by atoms with Gasteiger partial charge in [-0.15, -0.1) is 6.58 Å². The number of anilines is 1. The van der Waals surface area contributed by atoms with Crippen LogP contribution in [0.4, 0.5) is 5.69 Å². The first kappa shape index (κ1) is 15.0. The number of nitrogen functional groups attached to an aromatic ring is 1. The van der Waals surface area contributed by atoms with Crippen molar-refractivity contribution < 1.29 is 13.2 Å². The van der Waals surface area contributed by atoms with Crippen LogP contribution < -0.4 is 10.5 Å². The molecule has 0 saturated heterocycles. The van der Waals surface area contributed by atoms with Crippen LogP contribution in [0, 0.1) is 0 Å². The van der Waals surface area contributed by atoms with Crippen molar-refractivity contribution in [2.24, 2.45) is 0 Å². The normalized spacial score (nSPS) is 11.6. The fourth-order valence-electron chi connectivity index (χ4n) is 1.36. The molecule has 2 N–H and O–H groups in total. The maximum atomic E-state index is 12.3. The molecule has 0 spiro atoms. The molecule has 0 radical (unpaired) electrons. The molecule has 0 fully saturated rings. The summed E-state index contributed by atoms with van der Waals surface area (Å²) in [4.78, 5) is 0.0371. The summed E-state index contributed by atoms with van der Waals surface area (Å²) in [6, 6.07) is 2.90. The van der Waals surface area contributed by atoms with Crippen LogP contribution >= 0.6 is 15.9 Å². The minimum atomic E-state index is -3.65. The minimum absolute atomic E-state index is 0.0371. The van der Waals surface area contributed by atoms with E-state index >= 15 is 0 Å². The predicted molar refractivity (Wildman–Crippen MR) is 75.1 cm³/mol. The first-order chi connectivity index (χ1) is 8.34. The van der Waals surface area contributed by atoms with Crippen LogP contribution in [0.3, 0.4) is 0 Å². The number of benzene rings is 1. The summed E-state index contributed by atoms with van der Waals surface area (Å²) in [6.45, 7) is 3.72. The molecule has 1 aromatic rings. The highest BCUT2D eigenvalue weighted by Gasteiger charge is 2.25. The lowest BCUT2D eigenvalue weighted by Crippen LogP contribution is -2.27. The molecule has 1 aromatic carbocycles. The second-order valence-corrected chi connectivity index (χ2v) is 6.47. The molecule has 7 heteroatoms. The summed E-state index contributed by atoms with van der Waals surface area (Å²) < 4.78 is 31.4. The number of likely N-dealkylation sites (N-methyl/N-ethyl adjacent to an activating group) is 1. The van der Waals surface area contributed by atoms with E-state index in [0.717, 1.165) is 0 Å². The molecule has 18 heavy (non-hydrogen) atoms. The Morgan fingerprint density at radius 3 is 2.67 bits per heavy atom. The van der Waals surface area contributed by atoms with Gasteiger partial charge in [0.05, 0.1) is 7.11 Å².